The second-order valence-electron chi connectivity index (χ2n) is 2.73. The molecule has 3 nitrogen and oxygen atoms in total. The van der Waals surface area contributed by atoms with Gasteiger partial charge in [-0.15, -0.1) is 0 Å². The first-order valence-corrected chi connectivity index (χ1v) is 4.58. The smallest absolute Gasteiger partial charge is 0.222 e. The highest BCUT2D eigenvalue weighted by Gasteiger charge is 1.96. The molecule has 0 aliphatic heterocycles. The van der Waals surface area contributed by atoms with E-state index in [4.69, 9.17) is 14.2 Å². The monoisotopic (exact) mass is 206 g/mol. The van der Waals surface area contributed by atoms with Crippen molar-refractivity contribution in [3.63, 3.8) is 0 Å². The molecule has 0 heterocycles. The van der Waals surface area contributed by atoms with Gasteiger partial charge in [0.2, 0.25) is 6.29 Å². The van der Waals surface area contributed by atoms with Crippen LogP contribution in [-0.2, 0) is 9.47 Å². The summed E-state index contributed by atoms with van der Waals surface area (Å²) in [7, 11) is 3.09. The van der Waals surface area contributed by atoms with Gasteiger partial charge in [-0.2, -0.15) is 0 Å². The first-order chi connectivity index (χ1) is 7.36. The van der Waals surface area contributed by atoms with Gasteiger partial charge in [0.1, 0.15) is 12.4 Å². The van der Waals surface area contributed by atoms with Crippen LogP contribution in [0.3, 0.4) is 0 Å². The highest BCUT2D eigenvalue weighted by molar-refractivity contribution is 5.21. The molecule has 80 valence electrons. The molecule has 1 aromatic carbocycles. The van der Waals surface area contributed by atoms with Crippen LogP contribution in [0.15, 0.2) is 30.3 Å². The van der Waals surface area contributed by atoms with Gasteiger partial charge in [0.15, 0.2) is 0 Å². The molecule has 0 fully saturated rings. The Hall–Kier alpha value is -1.50. The molecule has 3 heteroatoms. The summed E-state index contributed by atoms with van der Waals surface area (Å²) in [5, 5.41) is 0. The summed E-state index contributed by atoms with van der Waals surface area (Å²) in [6.45, 7) is 0.327. The van der Waals surface area contributed by atoms with Gasteiger partial charge in [-0.1, -0.05) is 24.1 Å². The molecule has 0 saturated heterocycles. The zero-order valence-corrected chi connectivity index (χ0v) is 8.90. The van der Waals surface area contributed by atoms with E-state index in [1.54, 1.807) is 14.2 Å². The fourth-order valence-corrected chi connectivity index (χ4v) is 0.975. The number of rotatable bonds is 4. The van der Waals surface area contributed by atoms with Crippen molar-refractivity contribution in [1.82, 2.24) is 0 Å². The van der Waals surface area contributed by atoms with Crippen molar-refractivity contribution in [2.75, 3.05) is 20.8 Å². The van der Waals surface area contributed by atoms with Gasteiger partial charge >= 0.3 is 0 Å². The third-order valence-electron chi connectivity index (χ3n) is 1.70. The molecule has 0 N–H and O–H groups in total. The highest BCUT2D eigenvalue weighted by atomic mass is 16.7. The molecule has 0 amide bonds. The summed E-state index contributed by atoms with van der Waals surface area (Å²) in [6.07, 6.45) is -0.482. The van der Waals surface area contributed by atoms with E-state index in [0.717, 1.165) is 5.75 Å². The summed E-state index contributed by atoms with van der Waals surface area (Å²) < 4.78 is 15.2. The number of hydrogen-bond donors (Lipinski definition) is 0. The van der Waals surface area contributed by atoms with Crippen LogP contribution in [-0.4, -0.2) is 27.1 Å². The van der Waals surface area contributed by atoms with Crippen LogP contribution in [0.5, 0.6) is 5.75 Å². The Bertz CT molecular complexity index is 320. The summed E-state index contributed by atoms with van der Waals surface area (Å²) in [5.41, 5.74) is 0. The number of para-hydroxylation sites is 1. The molecule has 0 aromatic heterocycles. The molecule has 0 atom stereocenters. The third-order valence-corrected chi connectivity index (χ3v) is 1.70. The van der Waals surface area contributed by atoms with Crippen molar-refractivity contribution < 1.29 is 14.2 Å². The molecule has 0 aliphatic carbocycles. The van der Waals surface area contributed by atoms with Crippen molar-refractivity contribution in [3.05, 3.63) is 30.3 Å². The fourth-order valence-electron chi connectivity index (χ4n) is 0.975. The van der Waals surface area contributed by atoms with Crippen LogP contribution in [0, 0.1) is 11.8 Å². The Morgan fingerprint density at radius 1 is 1.13 bits per heavy atom. The Kier molecular flexibility index (Phi) is 5.31. The quantitative estimate of drug-likeness (QED) is 0.554. The molecule has 0 spiro atoms. The highest BCUT2D eigenvalue weighted by Crippen LogP contribution is 2.07. The van der Waals surface area contributed by atoms with Crippen molar-refractivity contribution in [2.24, 2.45) is 0 Å². The summed E-state index contributed by atoms with van der Waals surface area (Å²) >= 11 is 0. The lowest BCUT2D eigenvalue weighted by Crippen LogP contribution is -2.09. The topological polar surface area (TPSA) is 27.7 Å². The van der Waals surface area contributed by atoms with Crippen molar-refractivity contribution in [2.45, 2.75) is 6.29 Å². The second kappa shape index (κ2) is 6.88. The Labute approximate surface area is 90.0 Å². The third kappa shape index (κ3) is 4.50. The second-order valence-corrected chi connectivity index (χ2v) is 2.73. The maximum Gasteiger partial charge on any atom is 0.222 e. The summed E-state index contributed by atoms with van der Waals surface area (Å²) in [6, 6.07) is 9.52. The Balaban J connectivity index is 2.32. The fraction of sp³-hybridized carbons (Fsp3) is 0.333. The SMILES string of the molecule is COC(C#CCOc1ccccc1)OC. The van der Waals surface area contributed by atoms with Crippen LogP contribution in [0.1, 0.15) is 0 Å². The summed E-state index contributed by atoms with van der Waals surface area (Å²) in [5.74, 6) is 6.39. The maximum absolute atomic E-state index is 5.36. The molecule has 0 aliphatic rings. The van der Waals surface area contributed by atoms with Crippen molar-refractivity contribution >= 4 is 0 Å². The number of methoxy groups -OCH3 is 2. The largest absolute Gasteiger partial charge is 0.481 e. The zero-order chi connectivity index (χ0) is 10.9. The van der Waals surface area contributed by atoms with Crippen LogP contribution in [0.4, 0.5) is 0 Å². The van der Waals surface area contributed by atoms with Crippen molar-refractivity contribution in [3.8, 4) is 17.6 Å². The lowest BCUT2D eigenvalue weighted by molar-refractivity contribution is -0.0596. The van der Waals surface area contributed by atoms with E-state index in [1.807, 2.05) is 30.3 Å². The van der Waals surface area contributed by atoms with E-state index in [9.17, 15) is 0 Å². The standard InChI is InChI=1S/C12H14O3/c1-13-12(14-2)9-6-10-15-11-7-4-3-5-8-11/h3-5,7-8,12H,10H2,1-2H3. The normalized spacial score (nSPS) is 9.53. The number of hydrogen-bond acceptors (Lipinski definition) is 3. The van der Waals surface area contributed by atoms with Gasteiger partial charge in [0.25, 0.3) is 0 Å². The van der Waals surface area contributed by atoms with Crippen LogP contribution < -0.4 is 4.74 Å². The molecule has 0 bridgehead atoms. The predicted octanol–water partition coefficient (Wildman–Crippen LogP) is 1.69. The summed E-state index contributed by atoms with van der Waals surface area (Å²) in [4.78, 5) is 0. The molecule has 1 aromatic rings. The first kappa shape index (κ1) is 11.6. The number of ether oxygens (including phenoxy) is 3. The minimum absolute atomic E-state index is 0.327. The lowest BCUT2D eigenvalue weighted by atomic mass is 10.3. The zero-order valence-electron chi connectivity index (χ0n) is 8.90. The van der Waals surface area contributed by atoms with Crippen LogP contribution in [0.25, 0.3) is 0 Å². The molecule has 0 radical (unpaired) electrons. The van der Waals surface area contributed by atoms with Gasteiger partial charge in [-0.3, -0.25) is 0 Å². The maximum atomic E-state index is 5.36. The number of benzene rings is 1. The molecule has 15 heavy (non-hydrogen) atoms. The van der Waals surface area contributed by atoms with Gasteiger partial charge in [-0.05, 0) is 18.1 Å². The van der Waals surface area contributed by atoms with E-state index < -0.39 is 6.29 Å². The Morgan fingerprint density at radius 3 is 2.40 bits per heavy atom. The van der Waals surface area contributed by atoms with Gasteiger partial charge in [0.05, 0.1) is 0 Å². The minimum atomic E-state index is -0.482. The first-order valence-electron chi connectivity index (χ1n) is 4.58. The minimum Gasteiger partial charge on any atom is -0.481 e. The molecule has 0 unspecified atom stereocenters. The molecular weight excluding hydrogens is 192 g/mol. The van der Waals surface area contributed by atoms with E-state index in [2.05, 4.69) is 11.8 Å². The van der Waals surface area contributed by atoms with E-state index in [-0.39, 0.29) is 0 Å². The molecule has 1 rings (SSSR count). The van der Waals surface area contributed by atoms with Gasteiger partial charge in [-0.25, -0.2) is 0 Å². The van der Waals surface area contributed by atoms with Crippen LogP contribution in [0.2, 0.25) is 0 Å². The average molecular weight is 206 g/mol. The lowest BCUT2D eigenvalue weighted by Gasteiger charge is -2.04. The predicted molar refractivity (Wildman–Crippen MR) is 57.5 cm³/mol. The molecular formula is C12H14O3. The Morgan fingerprint density at radius 2 is 1.80 bits per heavy atom. The van der Waals surface area contributed by atoms with E-state index in [0.29, 0.717) is 6.61 Å². The van der Waals surface area contributed by atoms with E-state index >= 15 is 0 Å². The van der Waals surface area contributed by atoms with Crippen molar-refractivity contribution in [1.29, 1.82) is 0 Å². The van der Waals surface area contributed by atoms with E-state index in [1.165, 1.54) is 0 Å². The van der Waals surface area contributed by atoms with Gasteiger partial charge in [0, 0.05) is 14.2 Å². The van der Waals surface area contributed by atoms with Gasteiger partial charge < -0.3 is 14.2 Å². The molecule has 0 saturated carbocycles. The average Bonchev–Trinajstić information content (AvgIpc) is 2.31. The van der Waals surface area contributed by atoms with Crippen LogP contribution >= 0.6 is 0 Å².